The molecular weight excluding hydrogens is 385 g/mol. The fourth-order valence-corrected chi connectivity index (χ4v) is 2.83. The number of aliphatic carboxylic acids is 1. The Labute approximate surface area is 154 Å². The minimum atomic E-state index is -4.56. The van der Waals surface area contributed by atoms with Gasteiger partial charge in [-0.2, -0.15) is 13.2 Å². The van der Waals surface area contributed by atoms with Crippen molar-refractivity contribution in [3.8, 4) is 11.4 Å². The lowest BCUT2D eigenvalue weighted by Crippen LogP contribution is -2.36. The lowest BCUT2D eigenvalue weighted by atomic mass is 10.1. The number of amides is 1. The summed E-state index contributed by atoms with van der Waals surface area (Å²) in [5.41, 5.74) is -2.30. The molecule has 2 heterocycles. The fourth-order valence-electron chi connectivity index (χ4n) is 2.83. The molecule has 11 heteroatoms. The summed E-state index contributed by atoms with van der Waals surface area (Å²) in [5, 5.41) is 20.9. The molecule has 0 unspecified atom stereocenters. The van der Waals surface area contributed by atoms with Crippen molar-refractivity contribution in [1.82, 2.24) is 9.88 Å². The van der Waals surface area contributed by atoms with Crippen molar-refractivity contribution in [2.24, 2.45) is 0 Å². The molecule has 1 aliphatic heterocycles. The number of nitrogens with zero attached hydrogens (tertiary/aromatic N) is 1. The number of carboxylic acids is 1. The largest absolute Gasteiger partial charge is 0.506 e. The Morgan fingerprint density at radius 1 is 1.18 bits per heavy atom. The van der Waals surface area contributed by atoms with Gasteiger partial charge in [-0.25, -0.2) is 0 Å². The Kier molecular flexibility index (Phi) is 4.86. The molecule has 3 N–H and O–H groups in total. The van der Waals surface area contributed by atoms with Gasteiger partial charge in [0.25, 0.3) is 11.5 Å². The van der Waals surface area contributed by atoms with Gasteiger partial charge in [0.2, 0.25) is 0 Å². The quantitative estimate of drug-likeness (QED) is 0.717. The predicted molar refractivity (Wildman–Crippen MR) is 87.2 cm³/mol. The molecule has 1 aromatic carbocycles. The highest BCUT2D eigenvalue weighted by molar-refractivity contribution is 5.98. The zero-order valence-corrected chi connectivity index (χ0v) is 14.0. The van der Waals surface area contributed by atoms with E-state index in [1.165, 1.54) is 0 Å². The van der Waals surface area contributed by atoms with Gasteiger partial charge in [-0.3, -0.25) is 19.0 Å². The van der Waals surface area contributed by atoms with E-state index in [4.69, 9.17) is 9.84 Å². The van der Waals surface area contributed by atoms with Crippen LogP contribution in [0.3, 0.4) is 0 Å². The summed E-state index contributed by atoms with van der Waals surface area (Å²) in [5.74, 6) is -3.13. The van der Waals surface area contributed by atoms with Crippen molar-refractivity contribution in [1.29, 1.82) is 0 Å². The van der Waals surface area contributed by atoms with E-state index in [0.717, 1.165) is 28.8 Å². The van der Waals surface area contributed by atoms with Crippen molar-refractivity contribution < 1.29 is 37.7 Å². The van der Waals surface area contributed by atoms with Crippen LogP contribution in [0.15, 0.2) is 29.1 Å². The van der Waals surface area contributed by atoms with Crippen LogP contribution < -0.4 is 10.9 Å². The van der Waals surface area contributed by atoms with Gasteiger partial charge < -0.3 is 20.3 Å². The maximum absolute atomic E-state index is 12.8. The summed E-state index contributed by atoms with van der Waals surface area (Å²) in [6.07, 6.45) is -4.56. The van der Waals surface area contributed by atoms with E-state index in [-0.39, 0.29) is 30.2 Å². The van der Waals surface area contributed by atoms with Gasteiger partial charge in [-0.1, -0.05) is 0 Å². The molecule has 1 aliphatic rings. The normalized spacial score (nSPS) is 13.2. The van der Waals surface area contributed by atoms with Crippen LogP contribution in [0, 0.1) is 0 Å². The zero-order chi connectivity index (χ0) is 20.6. The average Bonchev–Trinajstić information content (AvgIpc) is 3.09. The third-order valence-corrected chi connectivity index (χ3v) is 4.12. The summed E-state index contributed by atoms with van der Waals surface area (Å²) < 4.78 is 44.5. The van der Waals surface area contributed by atoms with Gasteiger partial charge in [0.1, 0.15) is 17.9 Å². The highest BCUT2D eigenvalue weighted by Crippen LogP contribution is 2.33. The van der Waals surface area contributed by atoms with Gasteiger partial charge in [0, 0.05) is 11.3 Å². The first-order chi connectivity index (χ1) is 13.1. The van der Waals surface area contributed by atoms with E-state index >= 15 is 0 Å². The highest BCUT2D eigenvalue weighted by atomic mass is 19.4. The number of halogens is 3. The number of fused-ring (bicyclic) bond motifs is 1. The van der Waals surface area contributed by atoms with E-state index in [1.54, 1.807) is 0 Å². The van der Waals surface area contributed by atoms with Gasteiger partial charge in [0.05, 0.1) is 24.5 Å². The Hall–Kier alpha value is -3.34. The second-order valence-corrected chi connectivity index (χ2v) is 5.90. The lowest BCUT2D eigenvalue weighted by Gasteiger charge is -2.16. The standard InChI is InChI=1S/C17H13F3N2O6/c18-17(19,20)8-1-3-9(4-2-8)22-11-7-28-6-10(11)14(25)13(16(22)27)15(26)21-5-12(23)24/h1-4,25H,5-7H2,(H,21,26)(H,23,24). The molecule has 1 aromatic heterocycles. The number of hydrogen-bond acceptors (Lipinski definition) is 5. The molecule has 0 fully saturated rings. The molecule has 8 nitrogen and oxygen atoms in total. The SMILES string of the molecule is O=C(O)CNC(=O)c1c(O)c2c(n(-c3ccc(C(F)(F)F)cc3)c1=O)COC2. The number of aromatic nitrogens is 1. The third-order valence-electron chi connectivity index (χ3n) is 4.12. The van der Waals surface area contributed by atoms with Crippen LogP contribution in [-0.4, -0.2) is 33.2 Å². The highest BCUT2D eigenvalue weighted by Gasteiger charge is 2.32. The van der Waals surface area contributed by atoms with Crippen molar-refractivity contribution in [2.75, 3.05) is 6.54 Å². The maximum Gasteiger partial charge on any atom is 0.416 e. The monoisotopic (exact) mass is 398 g/mol. The number of benzene rings is 1. The number of rotatable bonds is 4. The van der Waals surface area contributed by atoms with Gasteiger partial charge in [-0.05, 0) is 24.3 Å². The van der Waals surface area contributed by atoms with Crippen LogP contribution in [0.4, 0.5) is 13.2 Å². The minimum Gasteiger partial charge on any atom is -0.506 e. The van der Waals surface area contributed by atoms with E-state index in [0.29, 0.717) is 0 Å². The molecular formula is C17H13F3N2O6. The Bertz CT molecular complexity index is 1010. The number of carbonyl (C=O) groups is 2. The van der Waals surface area contributed by atoms with Gasteiger partial charge in [0.15, 0.2) is 0 Å². The Balaban J connectivity index is 2.15. The van der Waals surface area contributed by atoms with Crippen LogP contribution >= 0.6 is 0 Å². The Morgan fingerprint density at radius 2 is 1.82 bits per heavy atom. The molecule has 28 heavy (non-hydrogen) atoms. The molecule has 148 valence electrons. The van der Waals surface area contributed by atoms with Crippen LogP contribution in [0.5, 0.6) is 5.75 Å². The predicted octanol–water partition coefficient (Wildman–Crippen LogP) is 1.41. The van der Waals surface area contributed by atoms with E-state index in [9.17, 15) is 32.7 Å². The molecule has 3 rings (SSSR count). The van der Waals surface area contributed by atoms with E-state index in [1.807, 2.05) is 5.32 Å². The minimum absolute atomic E-state index is 0.0343. The molecule has 2 aromatic rings. The summed E-state index contributed by atoms with van der Waals surface area (Å²) in [6, 6.07) is 3.67. The maximum atomic E-state index is 12.8. The first-order valence-electron chi connectivity index (χ1n) is 7.86. The number of aromatic hydroxyl groups is 1. The molecule has 0 radical (unpaired) electrons. The molecule has 0 atom stereocenters. The molecule has 0 aliphatic carbocycles. The summed E-state index contributed by atoms with van der Waals surface area (Å²) >= 11 is 0. The second-order valence-electron chi connectivity index (χ2n) is 5.90. The topological polar surface area (TPSA) is 118 Å². The second kappa shape index (κ2) is 7.00. The average molecular weight is 398 g/mol. The number of carbonyl (C=O) groups excluding carboxylic acids is 1. The van der Waals surface area contributed by atoms with Gasteiger partial charge >= 0.3 is 12.1 Å². The van der Waals surface area contributed by atoms with Crippen LogP contribution in [0.25, 0.3) is 5.69 Å². The van der Waals surface area contributed by atoms with Crippen molar-refractivity contribution >= 4 is 11.9 Å². The van der Waals surface area contributed by atoms with E-state index < -0.39 is 47.0 Å². The van der Waals surface area contributed by atoms with Crippen molar-refractivity contribution in [3.05, 3.63) is 57.0 Å². The van der Waals surface area contributed by atoms with Crippen LogP contribution in [0.1, 0.15) is 27.2 Å². The molecule has 0 saturated carbocycles. The first-order valence-corrected chi connectivity index (χ1v) is 7.86. The number of ether oxygens (including phenoxy) is 1. The zero-order valence-electron chi connectivity index (χ0n) is 14.0. The summed E-state index contributed by atoms with van der Waals surface area (Å²) in [6.45, 7) is -1.01. The van der Waals surface area contributed by atoms with Crippen LogP contribution in [-0.2, 0) is 28.9 Å². The summed E-state index contributed by atoms with van der Waals surface area (Å²) in [7, 11) is 0. The smallest absolute Gasteiger partial charge is 0.416 e. The van der Waals surface area contributed by atoms with E-state index in [2.05, 4.69) is 0 Å². The lowest BCUT2D eigenvalue weighted by molar-refractivity contribution is -0.138. The van der Waals surface area contributed by atoms with Gasteiger partial charge in [-0.15, -0.1) is 0 Å². The Morgan fingerprint density at radius 3 is 2.39 bits per heavy atom. The summed E-state index contributed by atoms with van der Waals surface area (Å²) in [4.78, 5) is 35.7. The van der Waals surface area contributed by atoms with Crippen molar-refractivity contribution in [2.45, 2.75) is 19.4 Å². The first kappa shape index (κ1) is 19.4. The number of hydrogen-bond donors (Lipinski definition) is 3. The number of pyridine rings is 1. The number of nitrogens with one attached hydrogen (secondary N) is 1. The third kappa shape index (κ3) is 3.43. The van der Waals surface area contributed by atoms with Crippen LogP contribution in [0.2, 0.25) is 0 Å². The molecule has 0 spiro atoms. The number of carboxylic acid groups (broad SMARTS) is 1. The fraction of sp³-hybridized carbons (Fsp3) is 0.235. The number of alkyl halides is 3. The molecule has 0 saturated heterocycles. The van der Waals surface area contributed by atoms with Crippen molar-refractivity contribution in [3.63, 3.8) is 0 Å². The molecule has 1 amide bonds. The molecule has 0 bridgehead atoms.